The fourth-order valence-electron chi connectivity index (χ4n) is 2.72. The average Bonchev–Trinajstić information content (AvgIpc) is 2.49. The van der Waals surface area contributed by atoms with Gasteiger partial charge in [0, 0.05) is 17.7 Å². The van der Waals surface area contributed by atoms with Crippen LogP contribution in [-0.4, -0.2) is 22.9 Å². The van der Waals surface area contributed by atoms with Crippen LogP contribution in [0.2, 0.25) is 5.82 Å². The third-order valence-electron chi connectivity index (χ3n) is 3.53. The van der Waals surface area contributed by atoms with Crippen LogP contribution in [0.4, 0.5) is 0 Å². The number of carbonyl (C=O) groups is 1. The molecule has 0 radical (unpaired) electrons. The van der Waals surface area contributed by atoms with Crippen LogP contribution in [0, 0.1) is 5.41 Å². The first kappa shape index (κ1) is 8.26. The van der Waals surface area contributed by atoms with Crippen molar-refractivity contribution in [1.29, 1.82) is 0 Å². The lowest BCUT2D eigenvalue weighted by atomic mass is 9.45. The van der Waals surface area contributed by atoms with Crippen molar-refractivity contribution in [2.24, 2.45) is 5.41 Å². The quantitative estimate of drug-likeness (QED) is 0.555. The SMILES string of the molecule is O=C1CC(B(O)O)C12CCCC2. The Morgan fingerprint density at radius 2 is 1.92 bits per heavy atom. The fourth-order valence-corrected chi connectivity index (χ4v) is 2.72. The zero-order valence-corrected chi connectivity index (χ0v) is 6.99. The Balaban J connectivity index is 2.15. The van der Waals surface area contributed by atoms with Crippen LogP contribution in [0.15, 0.2) is 0 Å². The number of rotatable bonds is 1. The summed E-state index contributed by atoms with van der Waals surface area (Å²) in [6.07, 6.45) is 4.24. The number of hydrogen-bond donors (Lipinski definition) is 2. The Hall–Kier alpha value is -0.345. The van der Waals surface area contributed by atoms with E-state index in [4.69, 9.17) is 10.0 Å². The van der Waals surface area contributed by atoms with Crippen LogP contribution in [0.25, 0.3) is 0 Å². The minimum atomic E-state index is -1.29. The highest BCUT2D eigenvalue weighted by Crippen LogP contribution is 2.58. The molecule has 12 heavy (non-hydrogen) atoms. The van der Waals surface area contributed by atoms with Crippen molar-refractivity contribution in [3.05, 3.63) is 0 Å². The molecule has 2 N–H and O–H groups in total. The van der Waals surface area contributed by atoms with E-state index < -0.39 is 7.12 Å². The van der Waals surface area contributed by atoms with Crippen LogP contribution >= 0.6 is 0 Å². The first-order chi connectivity index (χ1) is 5.67. The standard InChI is InChI=1S/C8H13BO3/c10-7-5-6(9(11)12)8(7)3-1-2-4-8/h6,11-12H,1-5H2. The topological polar surface area (TPSA) is 57.5 Å². The summed E-state index contributed by atoms with van der Waals surface area (Å²) < 4.78 is 0. The second-order valence-corrected chi connectivity index (χ2v) is 4.01. The van der Waals surface area contributed by atoms with Gasteiger partial charge in [-0.05, 0) is 12.8 Å². The number of carbonyl (C=O) groups excluding carboxylic acids is 1. The summed E-state index contributed by atoms with van der Waals surface area (Å²) in [5.74, 6) is 0.0746. The van der Waals surface area contributed by atoms with Crippen molar-refractivity contribution in [3.63, 3.8) is 0 Å². The van der Waals surface area contributed by atoms with Crippen molar-refractivity contribution in [2.75, 3.05) is 0 Å². The summed E-state index contributed by atoms with van der Waals surface area (Å²) in [6.45, 7) is 0. The molecule has 0 aromatic carbocycles. The van der Waals surface area contributed by atoms with Crippen LogP contribution in [-0.2, 0) is 4.79 Å². The Morgan fingerprint density at radius 1 is 1.33 bits per heavy atom. The lowest BCUT2D eigenvalue weighted by molar-refractivity contribution is -0.138. The van der Waals surface area contributed by atoms with Crippen molar-refractivity contribution in [1.82, 2.24) is 0 Å². The van der Waals surface area contributed by atoms with E-state index in [1.165, 1.54) is 0 Å². The van der Waals surface area contributed by atoms with Crippen LogP contribution in [0.5, 0.6) is 0 Å². The highest BCUT2D eigenvalue weighted by atomic mass is 16.4. The van der Waals surface area contributed by atoms with Crippen molar-refractivity contribution in [2.45, 2.75) is 37.9 Å². The van der Waals surface area contributed by atoms with Gasteiger partial charge in [0.05, 0.1) is 0 Å². The number of hydrogen-bond acceptors (Lipinski definition) is 3. The number of Topliss-reactive ketones (excluding diaryl/α,β-unsaturated/α-hetero) is 1. The van der Waals surface area contributed by atoms with Gasteiger partial charge in [-0.3, -0.25) is 4.79 Å². The molecule has 0 saturated heterocycles. The molecule has 2 fully saturated rings. The molecule has 2 rings (SSSR count). The Morgan fingerprint density at radius 3 is 2.33 bits per heavy atom. The Kier molecular flexibility index (Phi) is 1.77. The highest BCUT2D eigenvalue weighted by molar-refractivity contribution is 6.46. The van der Waals surface area contributed by atoms with Gasteiger partial charge in [-0.2, -0.15) is 0 Å². The van der Waals surface area contributed by atoms with Gasteiger partial charge in [-0.15, -0.1) is 0 Å². The van der Waals surface area contributed by atoms with E-state index in [-0.39, 0.29) is 17.0 Å². The molecule has 1 unspecified atom stereocenters. The van der Waals surface area contributed by atoms with E-state index in [1.54, 1.807) is 0 Å². The molecule has 0 aliphatic heterocycles. The summed E-state index contributed by atoms with van der Waals surface area (Å²) in [4.78, 5) is 11.3. The first-order valence-corrected chi connectivity index (χ1v) is 4.56. The molecule has 66 valence electrons. The predicted molar refractivity (Wildman–Crippen MR) is 44.5 cm³/mol. The highest BCUT2D eigenvalue weighted by Gasteiger charge is 2.59. The monoisotopic (exact) mass is 168 g/mol. The van der Waals surface area contributed by atoms with Gasteiger partial charge in [0.2, 0.25) is 0 Å². The molecule has 4 heteroatoms. The minimum Gasteiger partial charge on any atom is -0.427 e. The van der Waals surface area contributed by atoms with E-state index >= 15 is 0 Å². The van der Waals surface area contributed by atoms with E-state index in [0.717, 1.165) is 25.7 Å². The van der Waals surface area contributed by atoms with Crippen LogP contribution < -0.4 is 0 Å². The first-order valence-electron chi connectivity index (χ1n) is 4.56. The lowest BCUT2D eigenvalue weighted by Gasteiger charge is -2.44. The smallest absolute Gasteiger partial charge is 0.427 e. The van der Waals surface area contributed by atoms with Gasteiger partial charge < -0.3 is 10.0 Å². The van der Waals surface area contributed by atoms with Crippen molar-refractivity contribution < 1.29 is 14.8 Å². The maximum absolute atomic E-state index is 11.3. The Labute approximate surface area is 71.9 Å². The maximum Gasteiger partial charge on any atom is 0.456 e. The summed E-state index contributed by atoms with van der Waals surface area (Å²) in [5, 5.41) is 18.0. The molecule has 0 amide bonds. The fraction of sp³-hybridized carbons (Fsp3) is 0.875. The molecule has 0 heterocycles. The molecule has 2 aliphatic rings. The number of ketones is 1. The molecular formula is C8H13BO3. The summed E-state index contributed by atoms with van der Waals surface area (Å²) in [5.41, 5.74) is -0.325. The van der Waals surface area contributed by atoms with Gasteiger partial charge in [0.1, 0.15) is 5.78 Å². The lowest BCUT2D eigenvalue weighted by Crippen LogP contribution is -2.50. The molecule has 1 spiro atoms. The maximum atomic E-state index is 11.3. The van der Waals surface area contributed by atoms with Crippen LogP contribution in [0.1, 0.15) is 32.1 Å². The molecular weight excluding hydrogens is 155 g/mol. The molecule has 2 aliphatic carbocycles. The summed E-state index contributed by atoms with van der Waals surface area (Å²) in [6, 6.07) is 0. The predicted octanol–water partition coefficient (Wildman–Crippen LogP) is 0.363. The van der Waals surface area contributed by atoms with E-state index in [1.807, 2.05) is 0 Å². The molecule has 1 atom stereocenters. The van der Waals surface area contributed by atoms with Crippen LogP contribution in [0.3, 0.4) is 0 Å². The zero-order chi connectivity index (χ0) is 8.77. The van der Waals surface area contributed by atoms with Gasteiger partial charge in [0.25, 0.3) is 0 Å². The molecule has 0 aromatic heterocycles. The third kappa shape index (κ3) is 0.881. The van der Waals surface area contributed by atoms with E-state index in [9.17, 15) is 4.79 Å². The average molecular weight is 168 g/mol. The summed E-state index contributed by atoms with van der Waals surface area (Å²) in [7, 11) is -1.29. The minimum absolute atomic E-state index is 0.174. The van der Waals surface area contributed by atoms with Gasteiger partial charge >= 0.3 is 7.12 Å². The Bertz CT molecular complexity index is 208. The molecule has 3 nitrogen and oxygen atoms in total. The summed E-state index contributed by atoms with van der Waals surface area (Å²) >= 11 is 0. The second-order valence-electron chi connectivity index (χ2n) is 4.01. The van der Waals surface area contributed by atoms with Crippen molar-refractivity contribution >= 4 is 12.9 Å². The second kappa shape index (κ2) is 2.57. The van der Waals surface area contributed by atoms with Crippen molar-refractivity contribution in [3.8, 4) is 0 Å². The molecule has 0 aromatic rings. The van der Waals surface area contributed by atoms with E-state index in [2.05, 4.69) is 0 Å². The third-order valence-corrected chi connectivity index (χ3v) is 3.53. The zero-order valence-electron chi connectivity index (χ0n) is 6.99. The van der Waals surface area contributed by atoms with Gasteiger partial charge in [0.15, 0.2) is 0 Å². The largest absolute Gasteiger partial charge is 0.456 e. The van der Waals surface area contributed by atoms with E-state index in [0.29, 0.717) is 6.42 Å². The molecule has 0 bridgehead atoms. The van der Waals surface area contributed by atoms with Gasteiger partial charge in [-0.25, -0.2) is 0 Å². The molecule has 2 saturated carbocycles. The van der Waals surface area contributed by atoms with Gasteiger partial charge in [-0.1, -0.05) is 12.8 Å². The normalized spacial score (nSPS) is 32.2.